The lowest BCUT2D eigenvalue weighted by molar-refractivity contribution is -0.139. The summed E-state index contributed by atoms with van der Waals surface area (Å²) >= 11 is 0. The molecule has 2 heterocycles. The van der Waals surface area contributed by atoms with E-state index < -0.39 is 23.7 Å². The third kappa shape index (κ3) is 4.87. The Labute approximate surface area is 214 Å². The number of ether oxygens (including phenoxy) is 1. The number of allylic oxidation sites excluding steroid dienone is 1. The molecule has 2 aromatic rings. The summed E-state index contributed by atoms with van der Waals surface area (Å²) in [4.78, 5) is 64.0. The Morgan fingerprint density at radius 3 is 2.54 bits per heavy atom. The molecule has 0 spiro atoms. The van der Waals surface area contributed by atoms with E-state index in [1.807, 2.05) is 36.4 Å². The largest absolute Gasteiger partial charge is 0.458 e. The highest BCUT2D eigenvalue weighted by Gasteiger charge is 2.53. The van der Waals surface area contributed by atoms with Crippen LogP contribution in [0.1, 0.15) is 30.9 Å². The zero-order valence-electron chi connectivity index (χ0n) is 20.3. The summed E-state index contributed by atoms with van der Waals surface area (Å²) in [6, 6.07) is 16.2. The molecule has 4 atom stereocenters. The molecule has 2 fully saturated rings. The second-order valence-electron chi connectivity index (χ2n) is 9.65. The second-order valence-corrected chi connectivity index (χ2v) is 9.65. The van der Waals surface area contributed by atoms with Crippen molar-refractivity contribution in [2.24, 2.45) is 23.7 Å². The van der Waals surface area contributed by atoms with Crippen molar-refractivity contribution in [3.05, 3.63) is 83.4 Å². The van der Waals surface area contributed by atoms with E-state index in [4.69, 9.17) is 4.74 Å². The van der Waals surface area contributed by atoms with Gasteiger partial charge in [-0.1, -0.05) is 54.1 Å². The number of nitrogens with zero attached hydrogens (tertiary/aromatic N) is 1. The van der Waals surface area contributed by atoms with Crippen LogP contribution in [0.15, 0.2) is 72.3 Å². The third-order valence-electron chi connectivity index (χ3n) is 7.20. The monoisotopic (exact) mass is 498 g/mol. The van der Waals surface area contributed by atoms with Crippen molar-refractivity contribution in [3.8, 4) is 0 Å². The fraction of sp³-hybridized carbons (Fsp3) is 0.276. The number of fused-ring (bicyclic) bond motifs is 1. The lowest BCUT2D eigenvalue weighted by atomic mass is 9.71. The lowest BCUT2D eigenvalue weighted by Crippen LogP contribution is -2.32. The molecule has 8 nitrogen and oxygen atoms in total. The molecule has 2 saturated heterocycles. The van der Waals surface area contributed by atoms with Crippen molar-refractivity contribution in [2.75, 3.05) is 4.90 Å². The Kier molecular flexibility index (Phi) is 6.56. The predicted octanol–water partition coefficient (Wildman–Crippen LogP) is 3.18. The normalized spacial score (nSPS) is 25.3. The van der Waals surface area contributed by atoms with E-state index in [0.29, 0.717) is 17.7 Å². The quantitative estimate of drug-likeness (QED) is 0.284. The molecular formula is C29H26N2O6. The van der Waals surface area contributed by atoms with Crippen molar-refractivity contribution in [1.82, 2.24) is 5.32 Å². The number of imide groups is 2. The molecule has 188 valence electrons. The maximum atomic E-state index is 13.4. The van der Waals surface area contributed by atoms with Gasteiger partial charge in [-0.15, -0.1) is 0 Å². The molecule has 1 N–H and O–H groups in total. The van der Waals surface area contributed by atoms with Gasteiger partial charge < -0.3 is 4.74 Å². The van der Waals surface area contributed by atoms with Gasteiger partial charge in [0.2, 0.25) is 23.6 Å². The topological polar surface area (TPSA) is 110 Å². The maximum absolute atomic E-state index is 13.4. The molecule has 37 heavy (non-hydrogen) atoms. The number of amides is 4. The first-order valence-corrected chi connectivity index (χ1v) is 12.2. The van der Waals surface area contributed by atoms with Crippen molar-refractivity contribution in [2.45, 2.75) is 26.4 Å². The van der Waals surface area contributed by atoms with E-state index in [1.54, 1.807) is 37.3 Å². The number of hydrogen-bond donors (Lipinski definition) is 1. The molecule has 0 saturated carbocycles. The minimum absolute atomic E-state index is 0.0132. The van der Waals surface area contributed by atoms with Gasteiger partial charge >= 0.3 is 5.97 Å². The van der Waals surface area contributed by atoms with Gasteiger partial charge in [0.15, 0.2) is 0 Å². The van der Waals surface area contributed by atoms with Crippen molar-refractivity contribution >= 4 is 41.4 Å². The molecule has 3 aliphatic rings. The van der Waals surface area contributed by atoms with Crippen LogP contribution in [0.4, 0.5) is 5.69 Å². The summed E-state index contributed by atoms with van der Waals surface area (Å²) in [6.07, 6.45) is 5.31. The molecular weight excluding hydrogens is 472 g/mol. The first kappa shape index (κ1) is 24.4. The van der Waals surface area contributed by atoms with Gasteiger partial charge in [-0.05, 0) is 48.6 Å². The summed E-state index contributed by atoms with van der Waals surface area (Å²) in [6.45, 7) is 1.78. The number of nitrogens with one attached hydrogen (secondary N) is 1. The SMILES string of the molecule is CC1=CC(C2CC(=O)NC2=O)CC2C(=O)N(c3cccc(COC(=O)/C=C/c4ccccc4)c3)C(=O)C12. The van der Waals surface area contributed by atoms with E-state index in [9.17, 15) is 24.0 Å². The number of esters is 1. The van der Waals surface area contributed by atoms with Gasteiger partial charge in [0, 0.05) is 12.5 Å². The summed E-state index contributed by atoms with van der Waals surface area (Å²) in [5.41, 5.74) is 2.67. The van der Waals surface area contributed by atoms with Crippen molar-refractivity contribution < 1.29 is 28.7 Å². The van der Waals surface area contributed by atoms with Gasteiger partial charge in [-0.3, -0.25) is 24.5 Å². The van der Waals surface area contributed by atoms with Crippen LogP contribution in [0.3, 0.4) is 0 Å². The number of carbonyl (C=O) groups excluding carboxylic acids is 5. The van der Waals surface area contributed by atoms with Crippen LogP contribution in [0.25, 0.3) is 6.08 Å². The average molecular weight is 499 g/mol. The Morgan fingerprint density at radius 1 is 1.03 bits per heavy atom. The van der Waals surface area contributed by atoms with Crippen molar-refractivity contribution in [1.29, 1.82) is 0 Å². The summed E-state index contributed by atoms with van der Waals surface area (Å²) in [5.74, 6) is -3.75. The first-order chi connectivity index (χ1) is 17.8. The summed E-state index contributed by atoms with van der Waals surface area (Å²) < 4.78 is 5.33. The molecule has 1 aliphatic carbocycles. The molecule has 2 aromatic carbocycles. The second kappa shape index (κ2) is 9.97. The van der Waals surface area contributed by atoms with E-state index in [-0.39, 0.29) is 42.6 Å². The molecule has 0 aromatic heterocycles. The van der Waals surface area contributed by atoms with Gasteiger partial charge in [-0.2, -0.15) is 0 Å². The maximum Gasteiger partial charge on any atom is 0.331 e. The Morgan fingerprint density at radius 2 is 1.81 bits per heavy atom. The highest BCUT2D eigenvalue weighted by molar-refractivity contribution is 6.23. The van der Waals surface area contributed by atoms with E-state index in [0.717, 1.165) is 11.1 Å². The van der Waals surface area contributed by atoms with E-state index in [1.165, 1.54) is 11.0 Å². The van der Waals surface area contributed by atoms with Crippen LogP contribution in [0, 0.1) is 23.7 Å². The number of benzene rings is 2. The lowest BCUT2D eigenvalue weighted by Gasteiger charge is -2.29. The fourth-order valence-electron chi connectivity index (χ4n) is 5.45. The average Bonchev–Trinajstić information content (AvgIpc) is 3.36. The van der Waals surface area contributed by atoms with Crippen LogP contribution < -0.4 is 10.2 Å². The van der Waals surface area contributed by atoms with Gasteiger partial charge in [0.25, 0.3) is 0 Å². The molecule has 4 amide bonds. The number of hydrogen-bond acceptors (Lipinski definition) is 6. The molecule has 8 heteroatoms. The minimum Gasteiger partial charge on any atom is -0.458 e. The van der Waals surface area contributed by atoms with Crippen LogP contribution in [0.2, 0.25) is 0 Å². The number of rotatable bonds is 6. The molecule has 0 bridgehead atoms. The van der Waals surface area contributed by atoms with Gasteiger partial charge in [0.1, 0.15) is 6.61 Å². The van der Waals surface area contributed by atoms with E-state index >= 15 is 0 Å². The molecule has 5 rings (SSSR count). The third-order valence-corrected chi connectivity index (χ3v) is 7.20. The van der Waals surface area contributed by atoms with E-state index in [2.05, 4.69) is 5.32 Å². The highest BCUT2D eigenvalue weighted by atomic mass is 16.5. The minimum atomic E-state index is -0.589. The van der Waals surface area contributed by atoms with Crippen LogP contribution in [0.5, 0.6) is 0 Å². The Hall–Kier alpha value is -4.33. The molecule has 4 unspecified atom stereocenters. The summed E-state index contributed by atoms with van der Waals surface area (Å²) in [7, 11) is 0. The van der Waals surface area contributed by atoms with Crippen LogP contribution in [-0.4, -0.2) is 29.6 Å². The first-order valence-electron chi connectivity index (χ1n) is 12.2. The summed E-state index contributed by atoms with van der Waals surface area (Å²) in [5, 5.41) is 2.33. The fourth-order valence-corrected chi connectivity index (χ4v) is 5.45. The van der Waals surface area contributed by atoms with Crippen molar-refractivity contribution in [3.63, 3.8) is 0 Å². The Bertz CT molecular complexity index is 1350. The van der Waals surface area contributed by atoms with Gasteiger partial charge in [-0.25, -0.2) is 9.69 Å². The predicted molar refractivity (Wildman–Crippen MR) is 134 cm³/mol. The smallest absolute Gasteiger partial charge is 0.331 e. The highest BCUT2D eigenvalue weighted by Crippen LogP contribution is 2.45. The van der Waals surface area contributed by atoms with Gasteiger partial charge in [0.05, 0.1) is 23.4 Å². The standard InChI is InChI=1S/C29H26N2O6/c1-17-12-20(22-15-24(32)30-27(22)34)14-23-26(17)29(36)31(28(23)35)21-9-5-8-19(13-21)16-37-25(33)11-10-18-6-3-2-4-7-18/h2-13,20,22-23,26H,14-16H2,1H3,(H,30,32,34)/b11-10+. The zero-order valence-corrected chi connectivity index (χ0v) is 20.3. The number of carbonyl (C=O) groups is 5. The number of anilines is 1. The Balaban J connectivity index is 1.28. The molecule has 0 radical (unpaired) electrons. The molecule has 2 aliphatic heterocycles. The zero-order chi connectivity index (χ0) is 26.1. The van der Waals surface area contributed by atoms with Crippen LogP contribution in [-0.2, 0) is 35.3 Å². The van der Waals surface area contributed by atoms with Crippen LogP contribution >= 0.6 is 0 Å².